The van der Waals surface area contributed by atoms with E-state index in [2.05, 4.69) is 5.32 Å². The first-order valence-corrected chi connectivity index (χ1v) is 12.3. The van der Waals surface area contributed by atoms with E-state index in [1.165, 1.54) is 12.1 Å². The molecule has 0 bridgehead atoms. The highest BCUT2D eigenvalue weighted by Gasteiger charge is 2.22. The van der Waals surface area contributed by atoms with Crippen molar-refractivity contribution in [1.29, 1.82) is 0 Å². The monoisotopic (exact) mass is 438 g/mol. The number of sulfonamides is 1. The Hall–Kier alpha value is -2.06. The Bertz CT molecular complexity index is 931. The Morgan fingerprint density at radius 3 is 2.48 bits per heavy atom. The summed E-state index contributed by atoms with van der Waals surface area (Å²) in [6, 6.07) is 11.8. The molecule has 0 heterocycles. The lowest BCUT2D eigenvalue weighted by molar-refractivity contribution is -0.119. The second-order valence-electron chi connectivity index (χ2n) is 6.87. The van der Waals surface area contributed by atoms with Crippen molar-refractivity contribution in [3.63, 3.8) is 0 Å². The van der Waals surface area contributed by atoms with Gasteiger partial charge in [0.15, 0.2) is 0 Å². The predicted molar refractivity (Wildman–Crippen MR) is 118 cm³/mol. The normalized spacial score (nSPS) is 11.3. The maximum atomic E-state index is 12.9. The lowest BCUT2D eigenvalue weighted by Gasteiger charge is -2.24. The molecule has 2 aromatic carbocycles. The molecule has 1 N–H and O–H groups in total. The van der Waals surface area contributed by atoms with Gasteiger partial charge >= 0.3 is 0 Å². The first-order valence-electron chi connectivity index (χ1n) is 9.31. The van der Waals surface area contributed by atoms with Gasteiger partial charge in [0.1, 0.15) is 12.4 Å². The number of hydrogen-bond donors (Lipinski definition) is 1. The molecule has 8 heteroatoms. The Kier molecular flexibility index (Phi) is 8.52. The third kappa shape index (κ3) is 7.36. The maximum Gasteiger partial charge on any atom is 0.240 e. The number of amides is 1. The summed E-state index contributed by atoms with van der Waals surface area (Å²) in [5.74, 6) is 1.04. The van der Waals surface area contributed by atoms with Crippen molar-refractivity contribution in [3.8, 4) is 0 Å². The molecule has 0 atom stereocenters. The van der Waals surface area contributed by atoms with Crippen LogP contribution in [0.15, 0.2) is 42.5 Å². The summed E-state index contributed by atoms with van der Waals surface area (Å²) in [5.41, 5.74) is 3.38. The minimum atomic E-state index is -3.58. The largest absolute Gasteiger partial charge is 0.354 e. The fourth-order valence-electron chi connectivity index (χ4n) is 2.75. The van der Waals surface area contributed by atoms with Crippen LogP contribution in [0, 0.1) is 19.7 Å². The van der Waals surface area contributed by atoms with Gasteiger partial charge in [0.25, 0.3) is 0 Å². The lowest BCUT2D eigenvalue weighted by atomic mass is 10.1. The molecule has 0 aliphatic carbocycles. The van der Waals surface area contributed by atoms with Crippen LogP contribution in [0.2, 0.25) is 0 Å². The lowest BCUT2D eigenvalue weighted by Crippen LogP contribution is -2.41. The molecular formula is C21H27FN2O3S2. The first kappa shape index (κ1) is 23.2. The van der Waals surface area contributed by atoms with E-state index in [1.807, 2.05) is 19.9 Å². The smallest absolute Gasteiger partial charge is 0.240 e. The second kappa shape index (κ2) is 10.6. The molecule has 0 saturated carbocycles. The minimum Gasteiger partial charge on any atom is -0.354 e. The van der Waals surface area contributed by atoms with Crippen LogP contribution in [0.4, 0.5) is 10.1 Å². The Balaban J connectivity index is 1.80. The van der Waals surface area contributed by atoms with E-state index in [0.717, 1.165) is 45.2 Å². The molecular weight excluding hydrogens is 411 g/mol. The molecule has 0 saturated heterocycles. The van der Waals surface area contributed by atoms with Gasteiger partial charge in [-0.3, -0.25) is 9.10 Å². The van der Waals surface area contributed by atoms with E-state index >= 15 is 0 Å². The van der Waals surface area contributed by atoms with Gasteiger partial charge in [-0.05, 0) is 60.9 Å². The number of rotatable bonds is 10. The van der Waals surface area contributed by atoms with Gasteiger partial charge < -0.3 is 5.32 Å². The minimum absolute atomic E-state index is 0.244. The van der Waals surface area contributed by atoms with Crippen LogP contribution in [0.5, 0.6) is 0 Å². The molecule has 1 amide bonds. The van der Waals surface area contributed by atoms with Crippen molar-refractivity contribution in [1.82, 2.24) is 5.32 Å². The second-order valence-corrected chi connectivity index (χ2v) is 9.88. The van der Waals surface area contributed by atoms with Crippen LogP contribution in [-0.4, -0.2) is 39.4 Å². The summed E-state index contributed by atoms with van der Waals surface area (Å²) in [4.78, 5) is 12.3. The van der Waals surface area contributed by atoms with Crippen LogP contribution < -0.4 is 9.62 Å². The number of nitrogens with one attached hydrogen (secondary N) is 1. The molecule has 0 fully saturated rings. The number of thioether (sulfide) groups is 1. The Morgan fingerprint density at radius 2 is 1.83 bits per heavy atom. The van der Waals surface area contributed by atoms with Gasteiger partial charge in [0.2, 0.25) is 15.9 Å². The van der Waals surface area contributed by atoms with Crippen molar-refractivity contribution in [2.24, 2.45) is 0 Å². The summed E-state index contributed by atoms with van der Waals surface area (Å²) >= 11 is 1.70. The molecule has 158 valence electrons. The SMILES string of the molecule is Cc1cccc(N(CC(=O)NCCCSCc2ccc(F)cc2)S(C)(=O)=O)c1C. The summed E-state index contributed by atoms with van der Waals surface area (Å²) in [7, 11) is -3.58. The molecule has 0 aliphatic heterocycles. The van der Waals surface area contributed by atoms with E-state index in [1.54, 1.807) is 36.0 Å². The van der Waals surface area contributed by atoms with Crippen LogP contribution in [0.25, 0.3) is 0 Å². The number of anilines is 1. The Labute approximate surface area is 176 Å². The molecule has 0 unspecified atom stereocenters. The standard InChI is InChI=1S/C21H27FN2O3S2/c1-16-6-4-7-20(17(16)2)24(29(3,26)27)14-21(25)23-12-5-13-28-15-18-8-10-19(22)11-9-18/h4,6-11H,5,12-15H2,1-3H3,(H,23,25). The number of hydrogen-bond acceptors (Lipinski definition) is 4. The molecule has 5 nitrogen and oxygen atoms in total. The average Bonchev–Trinajstić information content (AvgIpc) is 2.66. The van der Waals surface area contributed by atoms with Crippen molar-refractivity contribution < 1.29 is 17.6 Å². The highest BCUT2D eigenvalue weighted by atomic mass is 32.2. The average molecular weight is 439 g/mol. The van der Waals surface area contributed by atoms with Gasteiger partial charge in [-0.25, -0.2) is 12.8 Å². The molecule has 0 aliphatic rings. The van der Waals surface area contributed by atoms with Crippen LogP contribution in [0.1, 0.15) is 23.1 Å². The van der Waals surface area contributed by atoms with Crippen LogP contribution in [-0.2, 0) is 20.6 Å². The topological polar surface area (TPSA) is 66.5 Å². The zero-order valence-corrected chi connectivity index (χ0v) is 18.6. The third-order valence-corrected chi connectivity index (χ3v) is 6.74. The van der Waals surface area contributed by atoms with Gasteiger partial charge in [0.05, 0.1) is 11.9 Å². The van der Waals surface area contributed by atoms with E-state index in [0.29, 0.717) is 12.2 Å². The number of nitrogens with zero attached hydrogens (tertiary/aromatic N) is 1. The third-order valence-electron chi connectivity index (χ3n) is 4.50. The van der Waals surface area contributed by atoms with Crippen LogP contribution in [0.3, 0.4) is 0 Å². The van der Waals surface area contributed by atoms with Gasteiger partial charge in [-0.1, -0.05) is 24.3 Å². The molecule has 29 heavy (non-hydrogen) atoms. The highest BCUT2D eigenvalue weighted by molar-refractivity contribution is 7.98. The molecule has 0 radical (unpaired) electrons. The fourth-order valence-corrected chi connectivity index (χ4v) is 4.57. The number of carbonyl (C=O) groups is 1. The van der Waals surface area contributed by atoms with E-state index in [4.69, 9.17) is 0 Å². The zero-order chi connectivity index (χ0) is 21.4. The summed E-state index contributed by atoms with van der Waals surface area (Å²) in [6.07, 6.45) is 1.87. The molecule has 2 aromatic rings. The van der Waals surface area contributed by atoms with Crippen molar-refractivity contribution in [2.75, 3.05) is 29.4 Å². The Morgan fingerprint density at radius 1 is 1.14 bits per heavy atom. The highest BCUT2D eigenvalue weighted by Crippen LogP contribution is 2.24. The van der Waals surface area contributed by atoms with Gasteiger partial charge in [-0.15, -0.1) is 0 Å². The van der Waals surface area contributed by atoms with Crippen molar-refractivity contribution in [2.45, 2.75) is 26.0 Å². The van der Waals surface area contributed by atoms with E-state index in [9.17, 15) is 17.6 Å². The molecule has 0 spiro atoms. The maximum absolute atomic E-state index is 12.9. The van der Waals surface area contributed by atoms with Gasteiger partial charge in [0, 0.05) is 12.3 Å². The number of carbonyl (C=O) groups excluding carboxylic acids is 1. The van der Waals surface area contributed by atoms with Crippen molar-refractivity contribution >= 4 is 33.4 Å². The zero-order valence-electron chi connectivity index (χ0n) is 16.9. The summed E-state index contributed by atoms with van der Waals surface area (Å²) in [6.45, 7) is 3.98. The van der Waals surface area contributed by atoms with Crippen LogP contribution >= 0.6 is 11.8 Å². The van der Waals surface area contributed by atoms with E-state index < -0.39 is 10.0 Å². The van der Waals surface area contributed by atoms with E-state index in [-0.39, 0.29) is 18.3 Å². The predicted octanol–water partition coefficient (Wildman–Crippen LogP) is 3.65. The quantitative estimate of drug-likeness (QED) is 0.575. The number of aryl methyl sites for hydroxylation is 1. The first-order chi connectivity index (χ1) is 13.7. The number of benzene rings is 2. The molecule has 0 aromatic heterocycles. The van der Waals surface area contributed by atoms with Gasteiger partial charge in [-0.2, -0.15) is 11.8 Å². The summed E-state index contributed by atoms with van der Waals surface area (Å²) in [5, 5.41) is 2.79. The number of halogens is 1. The summed E-state index contributed by atoms with van der Waals surface area (Å²) < 4.78 is 38.5. The fraction of sp³-hybridized carbons (Fsp3) is 0.381. The van der Waals surface area contributed by atoms with Crippen molar-refractivity contribution in [3.05, 3.63) is 65.0 Å². The molecule has 2 rings (SSSR count).